The average molecular weight is 164 g/mol. The predicted octanol–water partition coefficient (Wildman–Crippen LogP) is 2.13. The highest BCUT2D eigenvalue weighted by Crippen LogP contribution is 2.25. The Balaban J connectivity index is 3.52. The molecule has 0 fully saturated rings. The van der Waals surface area contributed by atoms with Crippen LogP contribution in [0.3, 0.4) is 0 Å². The zero-order chi connectivity index (χ0) is 9.30. The molecule has 0 aromatic heterocycles. The summed E-state index contributed by atoms with van der Waals surface area (Å²) >= 11 is 0. The van der Waals surface area contributed by atoms with Gasteiger partial charge in [0, 0.05) is 0 Å². The molecular formula is C10H12O2. The number of carbonyl (C=O) groups is 1. The smallest absolute Gasteiger partial charge is 0.154 e. The third kappa shape index (κ3) is 1.20. The predicted molar refractivity (Wildman–Crippen MR) is 47.7 cm³/mol. The van der Waals surface area contributed by atoms with Crippen molar-refractivity contribution in [3.63, 3.8) is 0 Å². The zero-order valence-electron chi connectivity index (χ0n) is 7.51. The van der Waals surface area contributed by atoms with Crippen molar-refractivity contribution in [1.82, 2.24) is 0 Å². The summed E-state index contributed by atoms with van der Waals surface area (Å²) in [6, 6.07) is 1.87. The van der Waals surface area contributed by atoms with Crippen LogP contribution in [0.1, 0.15) is 27.0 Å². The summed E-state index contributed by atoms with van der Waals surface area (Å²) in [5.74, 6) is 0.105. The van der Waals surface area contributed by atoms with E-state index in [1.165, 1.54) is 0 Å². The van der Waals surface area contributed by atoms with Crippen molar-refractivity contribution in [1.29, 1.82) is 0 Å². The first-order valence-corrected chi connectivity index (χ1v) is 3.83. The van der Waals surface area contributed by atoms with E-state index < -0.39 is 0 Å². The summed E-state index contributed by atoms with van der Waals surface area (Å²) in [6.45, 7) is 5.54. The van der Waals surface area contributed by atoms with Gasteiger partial charge in [0.25, 0.3) is 0 Å². The van der Waals surface area contributed by atoms with Crippen LogP contribution in [0.15, 0.2) is 6.07 Å². The molecule has 0 saturated carbocycles. The third-order valence-electron chi connectivity index (χ3n) is 2.18. The molecule has 1 aromatic carbocycles. The van der Waals surface area contributed by atoms with Crippen molar-refractivity contribution in [2.45, 2.75) is 20.8 Å². The molecule has 0 radical (unpaired) electrons. The van der Waals surface area contributed by atoms with Crippen LogP contribution >= 0.6 is 0 Å². The lowest BCUT2D eigenvalue weighted by Crippen LogP contribution is -1.93. The molecule has 0 amide bonds. The molecule has 0 aliphatic rings. The lowest BCUT2D eigenvalue weighted by atomic mass is 10.00. The highest BCUT2D eigenvalue weighted by molar-refractivity contribution is 5.82. The molecule has 12 heavy (non-hydrogen) atoms. The van der Waals surface area contributed by atoms with Crippen molar-refractivity contribution in [3.05, 3.63) is 28.3 Å². The van der Waals surface area contributed by atoms with E-state index >= 15 is 0 Å². The molecule has 1 aromatic rings. The van der Waals surface area contributed by atoms with Crippen LogP contribution in [-0.4, -0.2) is 11.4 Å². The van der Waals surface area contributed by atoms with E-state index in [0.717, 1.165) is 16.7 Å². The highest BCUT2D eigenvalue weighted by Gasteiger charge is 2.08. The van der Waals surface area contributed by atoms with Gasteiger partial charge in [0.2, 0.25) is 0 Å². The van der Waals surface area contributed by atoms with Gasteiger partial charge in [0.1, 0.15) is 5.75 Å². The largest absolute Gasteiger partial charge is 0.507 e. The Kier molecular flexibility index (Phi) is 2.18. The van der Waals surface area contributed by atoms with E-state index in [9.17, 15) is 9.90 Å². The third-order valence-corrected chi connectivity index (χ3v) is 2.18. The maximum atomic E-state index is 10.6. The number of aromatic hydroxyl groups is 1. The summed E-state index contributed by atoms with van der Waals surface area (Å²) in [5, 5.41) is 9.47. The first kappa shape index (κ1) is 8.78. The summed E-state index contributed by atoms with van der Waals surface area (Å²) in [7, 11) is 0. The summed E-state index contributed by atoms with van der Waals surface area (Å²) < 4.78 is 0. The second-order valence-electron chi connectivity index (χ2n) is 3.02. The molecule has 2 nitrogen and oxygen atoms in total. The molecule has 2 heteroatoms. The van der Waals surface area contributed by atoms with Gasteiger partial charge in [-0.25, -0.2) is 0 Å². The number of carbonyl (C=O) groups excluding carboxylic acids is 1. The number of rotatable bonds is 1. The maximum Gasteiger partial charge on any atom is 0.154 e. The fourth-order valence-corrected chi connectivity index (χ4v) is 1.25. The van der Waals surface area contributed by atoms with Crippen LogP contribution in [0, 0.1) is 20.8 Å². The van der Waals surface area contributed by atoms with Crippen molar-refractivity contribution in [2.24, 2.45) is 0 Å². The number of phenols is 1. The van der Waals surface area contributed by atoms with Crippen LogP contribution in [0.5, 0.6) is 5.75 Å². The van der Waals surface area contributed by atoms with Gasteiger partial charge >= 0.3 is 0 Å². The minimum absolute atomic E-state index is 0.105. The number of hydrogen-bond donors (Lipinski definition) is 1. The normalized spacial score (nSPS) is 9.92. The van der Waals surface area contributed by atoms with E-state index in [2.05, 4.69) is 0 Å². The standard InChI is InChI=1S/C10H12O2/c1-6-4-7(2)10(12)9(5-11)8(6)3/h4-5,12H,1-3H3. The summed E-state index contributed by atoms with van der Waals surface area (Å²) in [5.41, 5.74) is 3.05. The molecule has 0 bridgehead atoms. The van der Waals surface area contributed by atoms with Gasteiger partial charge in [0.05, 0.1) is 5.56 Å². The Morgan fingerprint density at radius 3 is 2.33 bits per heavy atom. The molecule has 64 valence electrons. The zero-order valence-corrected chi connectivity index (χ0v) is 7.51. The molecule has 0 aliphatic heterocycles. The SMILES string of the molecule is Cc1cc(C)c(O)c(C=O)c1C. The highest BCUT2D eigenvalue weighted by atomic mass is 16.3. The minimum atomic E-state index is 0.105. The molecule has 0 heterocycles. The fourth-order valence-electron chi connectivity index (χ4n) is 1.25. The molecule has 0 unspecified atom stereocenters. The van der Waals surface area contributed by atoms with E-state index in [1.807, 2.05) is 19.9 Å². The number of aldehydes is 1. The number of hydrogen-bond acceptors (Lipinski definition) is 2. The van der Waals surface area contributed by atoms with E-state index in [1.54, 1.807) is 6.92 Å². The van der Waals surface area contributed by atoms with E-state index in [0.29, 0.717) is 11.8 Å². The summed E-state index contributed by atoms with van der Waals surface area (Å²) in [6.07, 6.45) is 0.699. The Bertz CT molecular complexity index is 301. The second-order valence-corrected chi connectivity index (χ2v) is 3.02. The van der Waals surface area contributed by atoms with Crippen molar-refractivity contribution in [3.8, 4) is 5.75 Å². The first-order chi connectivity index (χ1) is 5.57. The quantitative estimate of drug-likeness (QED) is 0.645. The van der Waals surface area contributed by atoms with Gasteiger partial charge in [-0.2, -0.15) is 0 Å². The van der Waals surface area contributed by atoms with Crippen LogP contribution < -0.4 is 0 Å². The number of benzene rings is 1. The van der Waals surface area contributed by atoms with Crippen molar-refractivity contribution < 1.29 is 9.90 Å². The molecular weight excluding hydrogens is 152 g/mol. The Hall–Kier alpha value is -1.31. The number of phenolic OH excluding ortho intramolecular Hbond substituents is 1. The Morgan fingerprint density at radius 2 is 1.83 bits per heavy atom. The molecule has 0 aliphatic carbocycles. The molecule has 0 saturated heterocycles. The van der Waals surface area contributed by atoms with Crippen LogP contribution in [0.4, 0.5) is 0 Å². The van der Waals surface area contributed by atoms with Crippen LogP contribution in [0.25, 0.3) is 0 Å². The molecule has 0 atom stereocenters. The van der Waals surface area contributed by atoms with Gasteiger partial charge in [-0.05, 0) is 37.5 Å². The topological polar surface area (TPSA) is 37.3 Å². The van der Waals surface area contributed by atoms with Crippen molar-refractivity contribution >= 4 is 6.29 Å². The van der Waals surface area contributed by atoms with Gasteiger partial charge in [-0.1, -0.05) is 6.07 Å². The van der Waals surface area contributed by atoms with E-state index in [4.69, 9.17) is 0 Å². The van der Waals surface area contributed by atoms with Crippen molar-refractivity contribution in [2.75, 3.05) is 0 Å². The second kappa shape index (κ2) is 2.97. The lowest BCUT2D eigenvalue weighted by molar-refractivity contribution is 0.112. The average Bonchev–Trinajstić information content (AvgIpc) is 2.02. The minimum Gasteiger partial charge on any atom is -0.507 e. The van der Waals surface area contributed by atoms with Crippen LogP contribution in [-0.2, 0) is 0 Å². The van der Waals surface area contributed by atoms with Crippen LogP contribution in [0.2, 0.25) is 0 Å². The summed E-state index contributed by atoms with van der Waals surface area (Å²) in [4.78, 5) is 10.6. The first-order valence-electron chi connectivity index (χ1n) is 3.83. The van der Waals surface area contributed by atoms with Gasteiger partial charge in [0.15, 0.2) is 6.29 Å². The lowest BCUT2D eigenvalue weighted by Gasteiger charge is -2.08. The molecule has 1 N–H and O–H groups in total. The van der Waals surface area contributed by atoms with Gasteiger partial charge in [-0.3, -0.25) is 4.79 Å². The Labute approximate surface area is 71.8 Å². The fraction of sp³-hybridized carbons (Fsp3) is 0.300. The monoisotopic (exact) mass is 164 g/mol. The maximum absolute atomic E-state index is 10.6. The van der Waals surface area contributed by atoms with E-state index in [-0.39, 0.29) is 5.75 Å². The van der Waals surface area contributed by atoms with Gasteiger partial charge in [-0.15, -0.1) is 0 Å². The van der Waals surface area contributed by atoms with Gasteiger partial charge < -0.3 is 5.11 Å². The number of aryl methyl sites for hydroxylation is 2. The Morgan fingerprint density at radius 1 is 1.25 bits per heavy atom. The molecule has 0 spiro atoms. The molecule has 1 rings (SSSR count).